The molecular formula is C6H11NO2S. The SMILES string of the molecule is O=S(=O)=CC1CCCNC1. The molecule has 1 aliphatic rings. The van der Waals surface area contributed by atoms with Crippen molar-refractivity contribution in [2.75, 3.05) is 13.1 Å². The fourth-order valence-electron chi connectivity index (χ4n) is 1.15. The first-order valence-corrected chi connectivity index (χ1v) is 4.56. The van der Waals surface area contributed by atoms with Gasteiger partial charge in [0.05, 0.1) is 0 Å². The van der Waals surface area contributed by atoms with Gasteiger partial charge >= 0.3 is 0 Å². The first-order chi connectivity index (χ1) is 4.79. The molecule has 0 bridgehead atoms. The number of hydrogen-bond donors (Lipinski definition) is 1. The molecule has 10 heavy (non-hydrogen) atoms. The number of nitrogens with one attached hydrogen (secondary N) is 1. The second-order valence-electron chi connectivity index (χ2n) is 2.50. The second-order valence-corrected chi connectivity index (χ2v) is 3.30. The molecule has 0 amide bonds. The Hall–Kier alpha value is -0.350. The third-order valence-corrected chi connectivity index (χ3v) is 2.25. The Balaban J connectivity index is 2.48. The predicted octanol–water partition coefficient (Wildman–Crippen LogP) is -0.333. The lowest BCUT2D eigenvalue weighted by Crippen LogP contribution is -2.30. The van der Waals surface area contributed by atoms with Gasteiger partial charge in [-0.25, -0.2) is 0 Å². The smallest absolute Gasteiger partial charge is 0.210 e. The summed E-state index contributed by atoms with van der Waals surface area (Å²) in [5.74, 6) is 0.229. The Morgan fingerprint density at radius 2 is 2.30 bits per heavy atom. The van der Waals surface area contributed by atoms with Gasteiger partial charge in [0.25, 0.3) is 0 Å². The Labute approximate surface area is 62.0 Å². The summed E-state index contributed by atoms with van der Waals surface area (Å²) in [7, 11) is -1.98. The lowest BCUT2D eigenvalue weighted by atomic mass is 10.0. The van der Waals surface area contributed by atoms with Crippen molar-refractivity contribution in [1.82, 2.24) is 5.32 Å². The molecule has 1 unspecified atom stereocenters. The normalized spacial score (nSPS) is 25.8. The monoisotopic (exact) mass is 161 g/mol. The van der Waals surface area contributed by atoms with E-state index in [0.717, 1.165) is 25.9 Å². The average molecular weight is 161 g/mol. The minimum Gasteiger partial charge on any atom is -0.316 e. The van der Waals surface area contributed by atoms with Gasteiger partial charge in [0.2, 0.25) is 10.3 Å². The zero-order valence-electron chi connectivity index (χ0n) is 5.71. The Bertz CT molecular complexity index is 206. The van der Waals surface area contributed by atoms with E-state index >= 15 is 0 Å². The summed E-state index contributed by atoms with van der Waals surface area (Å²) >= 11 is 0. The van der Waals surface area contributed by atoms with Gasteiger partial charge in [0.1, 0.15) is 0 Å². The molecule has 1 atom stereocenters. The van der Waals surface area contributed by atoms with Crippen LogP contribution in [0.5, 0.6) is 0 Å². The van der Waals surface area contributed by atoms with Crippen LogP contribution < -0.4 is 5.32 Å². The molecule has 1 aliphatic heterocycles. The van der Waals surface area contributed by atoms with E-state index in [9.17, 15) is 8.42 Å². The zero-order valence-corrected chi connectivity index (χ0v) is 6.52. The molecule has 1 fully saturated rings. The van der Waals surface area contributed by atoms with E-state index in [-0.39, 0.29) is 5.92 Å². The quantitative estimate of drug-likeness (QED) is 0.535. The summed E-state index contributed by atoms with van der Waals surface area (Å²) in [6, 6.07) is 0. The summed E-state index contributed by atoms with van der Waals surface area (Å²) in [6.07, 6.45) is 2.08. The largest absolute Gasteiger partial charge is 0.316 e. The Kier molecular flexibility index (Phi) is 2.89. The third-order valence-electron chi connectivity index (χ3n) is 1.64. The van der Waals surface area contributed by atoms with Crippen LogP contribution in [0.2, 0.25) is 0 Å². The first-order valence-electron chi connectivity index (χ1n) is 3.43. The van der Waals surface area contributed by atoms with Crippen molar-refractivity contribution in [3.63, 3.8) is 0 Å². The molecule has 0 saturated carbocycles. The summed E-state index contributed by atoms with van der Waals surface area (Å²) in [5.41, 5.74) is 0. The standard InChI is InChI=1S/C6H11NO2S/c8-10(9)5-6-2-1-3-7-4-6/h5-7H,1-4H2. The number of rotatable bonds is 1. The van der Waals surface area contributed by atoms with Crippen LogP contribution in [0.4, 0.5) is 0 Å². The summed E-state index contributed by atoms with van der Waals surface area (Å²) < 4.78 is 20.4. The van der Waals surface area contributed by atoms with Crippen LogP contribution in [0.25, 0.3) is 0 Å². The molecule has 3 nitrogen and oxygen atoms in total. The zero-order chi connectivity index (χ0) is 7.40. The van der Waals surface area contributed by atoms with E-state index in [0.29, 0.717) is 0 Å². The van der Waals surface area contributed by atoms with Crippen LogP contribution in [-0.4, -0.2) is 26.9 Å². The van der Waals surface area contributed by atoms with Crippen molar-refractivity contribution in [2.24, 2.45) is 5.92 Å². The molecule has 1 saturated heterocycles. The van der Waals surface area contributed by atoms with Gasteiger partial charge in [-0.05, 0) is 19.4 Å². The summed E-state index contributed by atoms with van der Waals surface area (Å²) in [4.78, 5) is 0. The maximum atomic E-state index is 10.2. The first kappa shape index (κ1) is 7.75. The fourth-order valence-corrected chi connectivity index (χ4v) is 1.70. The maximum Gasteiger partial charge on any atom is 0.210 e. The van der Waals surface area contributed by atoms with E-state index in [1.165, 1.54) is 5.37 Å². The van der Waals surface area contributed by atoms with E-state index < -0.39 is 10.3 Å². The van der Waals surface area contributed by atoms with E-state index in [1.54, 1.807) is 0 Å². The number of piperidine rings is 1. The molecule has 0 radical (unpaired) electrons. The Morgan fingerprint density at radius 1 is 1.50 bits per heavy atom. The molecule has 0 aromatic rings. The molecule has 0 spiro atoms. The fraction of sp³-hybridized carbons (Fsp3) is 0.833. The van der Waals surface area contributed by atoms with Gasteiger partial charge < -0.3 is 5.32 Å². The summed E-state index contributed by atoms with van der Waals surface area (Å²) in [5, 5.41) is 4.52. The predicted molar refractivity (Wildman–Crippen MR) is 40.6 cm³/mol. The van der Waals surface area contributed by atoms with Crippen LogP contribution in [0, 0.1) is 5.92 Å². The highest BCUT2D eigenvalue weighted by atomic mass is 32.2. The van der Waals surface area contributed by atoms with Crippen molar-refractivity contribution >= 4 is 15.7 Å². The van der Waals surface area contributed by atoms with Crippen molar-refractivity contribution in [3.8, 4) is 0 Å². The van der Waals surface area contributed by atoms with Crippen LogP contribution in [0.15, 0.2) is 0 Å². The van der Waals surface area contributed by atoms with Gasteiger partial charge in [0, 0.05) is 17.8 Å². The van der Waals surface area contributed by atoms with Crippen LogP contribution >= 0.6 is 0 Å². The lowest BCUT2D eigenvalue weighted by molar-refractivity contribution is 0.465. The van der Waals surface area contributed by atoms with Crippen molar-refractivity contribution in [3.05, 3.63) is 0 Å². The maximum absolute atomic E-state index is 10.2. The highest BCUT2D eigenvalue weighted by Crippen LogP contribution is 2.05. The number of hydrogen-bond acceptors (Lipinski definition) is 3. The molecule has 0 aliphatic carbocycles. The van der Waals surface area contributed by atoms with Gasteiger partial charge in [-0.3, -0.25) is 0 Å². The lowest BCUT2D eigenvalue weighted by Gasteiger charge is -2.17. The second kappa shape index (κ2) is 3.73. The molecule has 58 valence electrons. The van der Waals surface area contributed by atoms with Crippen LogP contribution in [0.3, 0.4) is 0 Å². The minimum absolute atomic E-state index is 0.229. The Morgan fingerprint density at radius 3 is 2.80 bits per heavy atom. The molecule has 1 rings (SSSR count). The molecule has 0 aromatic carbocycles. The van der Waals surface area contributed by atoms with E-state index in [2.05, 4.69) is 5.32 Å². The highest BCUT2D eigenvalue weighted by Gasteiger charge is 2.09. The van der Waals surface area contributed by atoms with E-state index in [1.807, 2.05) is 0 Å². The average Bonchev–Trinajstić information content (AvgIpc) is 1.88. The van der Waals surface area contributed by atoms with Crippen LogP contribution in [-0.2, 0) is 10.3 Å². The molecule has 1 heterocycles. The molecule has 0 aromatic heterocycles. The molecule has 4 heteroatoms. The topological polar surface area (TPSA) is 46.2 Å². The van der Waals surface area contributed by atoms with Gasteiger partial charge in [-0.2, -0.15) is 8.42 Å². The van der Waals surface area contributed by atoms with Gasteiger partial charge in [0.15, 0.2) is 0 Å². The van der Waals surface area contributed by atoms with Crippen molar-refractivity contribution in [1.29, 1.82) is 0 Å². The van der Waals surface area contributed by atoms with Gasteiger partial charge in [-0.1, -0.05) is 0 Å². The molecular weight excluding hydrogens is 150 g/mol. The molecule has 1 N–H and O–H groups in total. The summed E-state index contributed by atoms with van der Waals surface area (Å²) in [6.45, 7) is 1.84. The van der Waals surface area contributed by atoms with Crippen molar-refractivity contribution < 1.29 is 8.42 Å². The third kappa shape index (κ3) is 2.49. The van der Waals surface area contributed by atoms with E-state index in [4.69, 9.17) is 0 Å². The highest BCUT2D eigenvalue weighted by molar-refractivity contribution is 7.71. The van der Waals surface area contributed by atoms with Crippen molar-refractivity contribution in [2.45, 2.75) is 12.8 Å². The minimum atomic E-state index is -1.98. The van der Waals surface area contributed by atoms with Crippen LogP contribution in [0.1, 0.15) is 12.8 Å². The van der Waals surface area contributed by atoms with Gasteiger partial charge in [-0.15, -0.1) is 0 Å².